The summed E-state index contributed by atoms with van der Waals surface area (Å²) in [5.74, 6) is -0.241. The summed E-state index contributed by atoms with van der Waals surface area (Å²) in [6.45, 7) is 7.23. The van der Waals surface area contributed by atoms with Crippen LogP contribution in [0.15, 0.2) is 0 Å². The minimum atomic E-state index is -0.241. The van der Waals surface area contributed by atoms with Crippen LogP contribution < -0.4 is 0 Å². The van der Waals surface area contributed by atoms with Crippen molar-refractivity contribution in [3.8, 4) is 0 Å². The van der Waals surface area contributed by atoms with E-state index in [0.29, 0.717) is 6.10 Å². The van der Waals surface area contributed by atoms with Crippen LogP contribution in [-0.2, 0) is 9.47 Å². The molecule has 1 fully saturated rings. The number of rotatable bonds is 4. The van der Waals surface area contributed by atoms with Crippen LogP contribution in [0, 0.1) is 0 Å². The molecular weight excluding hydrogens is 152 g/mol. The Morgan fingerprint density at radius 2 is 2.08 bits per heavy atom. The second-order valence-electron chi connectivity index (χ2n) is 3.47. The highest BCUT2D eigenvalue weighted by atomic mass is 16.7. The maximum atomic E-state index is 5.87. The quantitative estimate of drug-likeness (QED) is 0.649. The van der Waals surface area contributed by atoms with Crippen molar-refractivity contribution in [1.82, 2.24) is 0 Å². The summed E-state index contributed by atoms with van der Waals surface area (Å²) in [6, 6.07) is 0. The summed E-state index contributed by atoms with van der Waals surface area (Å²) in [6.07, 6.45) is 4.52. The first-order chi connectivity index (χ1) is 5.76. The van der Waals surface area contributed by atoms with Crippen molar-refractivity contribution in [3.63, 3.8) is 0 Å². The average Bonchev–Trinajstić information content (AvgIpc) is 2.50. The van der Waals surface area contributed by atoms with E-state index in [1.165, 1.54) is 0 Å². The third-order valence-corrected chi connectivity index (χ3v) is 2.54. The van der Waals surface area contributed by atoms with Crippen molar-refractivity contribution in [3.05, 3.63) is 0 Å². The Kier molecular flexibility index (Phi) is 3.53. The van der Waals surface area contributed by atoms with Gasteiger partial charge in [-0.3, -0.25) is 0 Å². The Bertz CT molecular complexity index is 136. The molecule has 0 aromatic carbocycles. The van der Waals surface area contributed by atoms with Crippen molar-refractivity contribution in [2.75, 3.05) is 6.61 Å². The van der Waals surface area contributed by atoms with Crippen LogP contribution in [0.3, 0.4) is 0 Å². The molecule has 2 atom stereocenters. The van der Waals surface area contributed by atoms with Gasteiger partial charge < -0.3 is 9.47 Å². The minimum Gasteiger partial charge on any atom is -0.347 e. The Labute approximate surface area is 75.2 Å². The zero-order chi connectivity index (χ0) is 9.03. The normalized spacial score (nSPS) is 35.8. The van der Waals surface area contributed by atoms with Crippen molar-refractivity contribution < 1.29 is 9.47 Å². The van der Waals surface area contributed by atoms with Gasteiger partial charge in [-0.1, -0.05) is 27.2 Å². The van der Waals surface area contributed by atoms with Crippen LogP contribution in [0.2, 0.25) is 0 Å². The summed E-state index contributed by atoms with van der Waals surface area (Å²) in [4.78, 5) is 0. The maximum Gasteiger partial charge on any atom is 0.168 e. The van der Waals surface area contributed by atoms with E-state index in [4.69, 9.17) is 9.47 Å². The number of ether oxygens (including phenoxy) is 2. The SMILES string of the molecule is CCCC1(CC)OCC(CC)O1. The van der Waals surface area contributed by atoms with Crippen LogP contribution in [0.25, 0.3) is 0 Å². The predicted octanol–water partition coefficient (Wildman–Crippen LogP) is 2.72. The summed E-state index contributed by atoms with van der Waals surface area (Å²) in [5.41, 5.74) is 0. The van der Waals surface area contributed by atoms with Gasteiger partial charge in [-0.15, -0.1) is 0 Å². The molecule has 0 spiro atoms. The van der Waals surface area contributed by atoms with Gasteiger partial charge in [0, 0.05) is 6.42 Å². The molecule has 72 valence electrons. The molecule has 12 heavy (non-hydrogen) atoms. The molecule has 2 nitrogen and oxygen atoms in total. The Morgan fingerprint density at radius 3 is 2.50 bits per heavy atom. The summed E-state index contributed by atoms with van der Waals surface area (Å²) in [5, 5.41) is 0. The molecule has 1 saturated heterocycles. The third-order valence-electron chi connectivity index (χ3n) is 2.54. The third kappa shape index (κ3) is 1.99. The van der Waals surface area contributed by atoms with E-state index in [2.05, 4.69) is 20.8 Å². The van der Waals surface area contributed by atoms with Crippen molar-refractivity contribution in [2.24, 2.45) is 0 Å². The van der Waals surface area contributed by atoms with Crippen molar-refractivity contribution in [2.45, 2.75) is 58.3 Å². The van der Waals surface area contributed by atoms with E-state index in [1.54, 1.807) is 0 Å². The lowest BCUT2D eigenvalue weighted by Gasteiger charge is -2.26. The first-order valence-corrected chi connectivity index (χ1v) is 5.08. The van der Waals surface area contributed by atoms with Crippen LogP contribution in [0.5, 0.6) is 0 Å². The molecule has 1 aliphatic heterocycles. The van der Waals surface area contributed by atoms with E-state index >= 15 is 0 Å². The van der Waals surface area contributed by atoms with Gasteiger partial charge in [0.25, 0.3) is 0 Å². The second kappa shape index (κ2) is 4.24. The summed E-state index contributed by atoms with van der Waals surface area (Å²) < 4.78 is 11.6. The molecule has 0 aromatic heterocycles. The van der Waals surface area contributed by atoms with E-state index in [-0.39, 0.29) is 5.79 Å². The molecular formula is C10H20O2. The second-order valence-corrected chi connectivity index (χ2v) is 3.47. The number of hydrogen-bond donors (Lipinski definition) is 0. The Balaban J connectivity index is 2.47. The monoisotopic (exact) mass is 172 g/mol. The number of hydrogen-bond acceptors (Lipinski definition) is 2. The molecule has 1 rings (SSSR count). The van der Waals surface area contributed by atoms with Gasteiger partial charge in [-0.05, 0) is 12.8 Å². The molecule has 2 heteroatoms. The van der Waals surface area contributed by atoms with Crippen molar-refractivity contribution in [1.29, 1.82) is 0 Å². The van der Waals surface area contributed by atoms with Gasteiger partial charge in [0.2, 0.25) is 0 Å². The largest absolute Gasteiger partial charge is 0.347 e. The molecule has 1 aliphatic rings. The lowest BCUT2D eigenvalue weighted by Crippen LogP contribution is -2.29. The lowest BCUT2D eigenvalue weighted by molar-refractivity contribution is -0.174. The van der Waals surface area contributed by atoms with E-state index in [0.717, 1.165) is 32.3 Å². The summed E-state index contributed by atoms with van der Waals surface area (Å²) >= 11 is 0. The zero-order valence-corrected chi connectivity index (χ0v) is 8.43. The molecule has 0 N–H and O–H groups in total. The molecule has 0 aromatic rings. The molecule has 0 amide bonds. The van der Waals surface area contributed by atoms with E-state index in [1.807, 2.05) is 0 Å². The molecule has 0 radical (unpaired) electrons. The molecule has 0 bridgehead atoms. The van der Waals surface area contributed by atoms with Crippen LogP contribution in [-0.4, -0.2) is 18.5 Å². The average molecular weight is 172 g/mol. The Morgan fingerprint density at radius 1 is 1.33 bits per heavy atom. The lowest BCUT2D eigenvalue weighted by atomic mass is 10.1. The van der Waals surface area contributed by atoms with E-state index < -0.39 is 0 Å². The fourth-order valence-electron chi connectivity index (χ4n) is 1.69. The van der Waals surface area contributed by atoms with Gasteiger partial charge in [0.15, 0.2) is 5.79 Å². The molecule has 0 saturated carbocycles. The van der Waals surface area contributed by atoms with Gasteiger partial charge in [0.05, 0.1) is 12.7 Å². The van der Waals surface area contributed by atoms with Crippen LogP contribution in [0.1, 0.15) is 46.5 Å². The smallest absolute Gasteiger partial charge is 0.168 e. The highest BCUT2D eigenvalue weighted by molar-refractivity contribution is 4.76. The standard InChI is InChI=1S/C10H20O2/c1-4-7-10(6-3)11-8-9(5-2)12-10/h9H,4-8H2,1-3H3. The van der Waals surface area contributed by atoms with Gasteiger partial charge in [0.1, 0.15) is 0 Å². The fourth-order valence-corrected chi connectivity index (χ4v) is 1.69. The highest BCUT2D eigenvalue weighted by Crippen LogP contribution is 2.32. The molecule has 2 unspecified atom stereocenters. The van der Waals surface area contributed by atoms with Crippen LogP contribution in [0.4, 0.5) is 0 Å². The summed E-state index contributed by atoms with van der Waals surface area (Å²) in [7, 11) is 0. The molecule has 0 aliphatic carbocycles. The van der Waals surface area contributed by atoms with Gasteiger partial charge in [-0.2, -0.15) is 0 Å². The highest BCUT2D eigenvalue weighted by Gasteiger charge is 2.38. The van der Waals surface area contributed by atoms with Crippen molar-refractivity contribution >= 4 is 0 Å². The minimum absolute atomic E-state index is 0.241. The maximum absolute atomic E-state index is 5.87. The first kappa shape index (κ1) is 10.0. The molecule has 1 heterocycles. The van der Waals surface area contributed by atoms with E-state index in [9.17, 15) is 0 Å². The zero-order valence-electron chi connectivity index (χ0n) is 8.43. The van der Waals surface area contributed by atoms with Gasteiger partial charge in [-0.25, -0.2) is 0 Å². The van der Waals surface area contributed by atoms with Gasteiger partial charge >= 0.3 is 0 Å². The fraction of sp³-hybridized carbons (Fsp3) is 1.00. The topological polar surface area (TPSA) is 18.5 Å². The first-order valence-electron chi connectivity index (χ1n) is 5.08. The predicted molar refractivity (Wildman–Crippen MR) is 49.0 cm³/mol. The Hall–Kier alpha value is -0.0800. The van der Waals surface area contributed by atoms with Crippen LogP contribution >= 0.6 is 0 Å².